The number of methoxy groups -OCH3 is 2. The van der Waals surface area contributed by atoms with Crippen molar-refractivity contribution in [2.24, 2.45) is 11.8 Å². The van der Waals surface area contributed by atoms with Gasteiger partial charge in [-0.1, -0.05) is 17.7 Å². The predicted octanol–water partition coefficient (Wildman–Crippen LogP) is 1.95. The number of quaternary nitrogens is 1. The molecule has 0 radical (unpaired) electrons. The van der Waals surface area contributed by atoms with E-state index in [1.54, 1.807) is 20.4 Å². The Morgan fingerprint density at radius 1 is 1.23 bits per heavy atom. The number of hydrogen-bond acceptors (Lipinski definition) is 5. The van der Waals surface area contributed by atoms with Gasteiger partial charge in [-0.05, 0) is 41.8 Å². The van der Waals surface area contributed by atoms with E-state index in [0.717, 1.165) is 64.7 Å². The Balaban J connectivity index is 0.00000289. The molecular weight excluding hydrogens is 485 g/mol. The molecule has 5 heterocycles. The normalized spacial score (nSPS) is 26.1. The Kier molecular flexibility index (Phi) is 7.57. The van der Waals surface area contributed by atoms with E-state index in [-0.39, 0.29) is 18.4 Å². The molecule has 5 atom stereocenters. The summed E-state index contributed by atoms with van der Waals surface area (Å²) in [6.45, 7) is 6.83. The van der Waals surface area contributed by atoms with Gasteiger partial charge in [-0.25, -0.2) is 4.98 Å². The number of hydrogen-bond donors (Lipinski definition) is 1. The quantitative estimate of drug-likeness (QED) is 0.296. The molecule has 0 amide bonds. The van der Waals surface area contributed by atoms with Gasteiger partial charge in [-0.2, -0.15) is 0 Å². The Labute approximate surface area is 217 Å². The van der Waals surface area contributed by atoms with Crippen molar-refractivity contribution in [3.8, 4) is 11.6 Å². The van der Waals surface area contributed by atoms with Gasteiger partial charge in [0.25, 0.3) is 0 Å². The second-order valence-corrected chi connectivity index (χ2v) is 9.99. The fourth-order valence-corrected chi connectivity index (χ4v) is 6.43. The highest BCUT2D eigenvalue weighted by molar-refractivity contribution is 6.29. The Morgan fingerprint density at radius 2 is 2.06 bits per heavy atom. The van der Waals surface area contributed by atoms with Gasteiger partial charge >= 0.3 is 0 Å². The number of pyridine rings is 2. The number of halogens is 2. The standard InChI is InChI=1S/C27H31ClN3O3.ClH/c1-4-18-16-31(15-17-11-25(28)30-26(12-17)34-3)10-8-19(18)13-24(31)27(32)21-7-9-29-23-6-5-20(33-2)14-22(21)23;/h4-7,9,11-12,14,18-19,24,27,32H,1,8,10,13,15-16H2,2-3H3;1H/q+1;/p-1/t18-,19-,24-,27+,31?;/m0./s1. The number of aromatic nitrogens is 2. The van der Waals surface area contributed by atoms with E-state index in [1.807, 2.05) is 36.4 Å². The first-order valence-corrected chi connectivity index (χ1v) is 12.1. The molecule has 0 spiro atoms. The number of rotatable bonds is 7. The van der Waals surface area contributed by atoms with Crippen molar-refractivity contribution in [3.05, 3.63) is 71.5 Å². The zero-order valence-electron chi connectivity index (χ0n) is 20.0. The molecule has 8 heteroatoms. The van der Waals surface area contributed by atoms with Crippen molar-refractivity contribution < 1.29 is 31.5 Å². The monoisotopic (exact) mass is 515 g/mol. The Hall–Kier alpha value is -2.38. The molecule has 0 saturated carbocycles. The molecular formula is C27H31Cl2N3O3. The lowest BCUT2D eigenvalue weighted by Gasteiger charge is -2.58. The molecule has 3 aliphatic heterocycles. The molecule has 3 saturated heterocycles. The van der Waals surface area contributed by atoms with Crippen LogP contribution in [0.3, 0.4) is 0 Å². The SMILES string of the molecule is C=C[C@H]1C[N+]2(Cc3cc(Cl)nc(OC)c3)CC[C@H]1C[C@H]2[C@H](O)c1ccnc2ccc(OC)cc12.[Cl-]. The molecule has 6 rings (SSSR count). The Morgan fingerprint density at radius 3 is 2.80 bits per heavy atom. The van der Waals surface area contributed by atoms with Crippen molar-refractivity contribution in [2.75, 3.05) is 27.3 Å². The molecule has 1 N–H and O–H groups in total. The van der Waals surface area contributed by atoms with Gasteiger partial charge in [0.1, 0.15) is 29.6 Å². The molecule has 2 aromatic heterocycles. The highest BCUT2D eigenvalue weighted by Gasteiger charge is 2.54. The second-order valence-electron chi connectivity index (χ2n) is 9.60. The number of ether oxygens (including phenoxy) is 2. The minimum Gasteiger partial charge on any atom is -1.00 e. The smallest absolute Gasteiger partial charge is 0.214 e. The van der Waals surface area contributed by atoms with Gasteiger partial charge in [-0.15, -0.1) is 6.58 Å². The Bertz CT molecular complexity index is 1220. The van der Waals surface area contributed by atoms with Crippen molar-refractivity contribution >= 4 is 22.5 Å². The van der Waals surface area contributed by atoms with Gasteiger partial charge in [0, 0.05) is 42.0 Å². The van der Waals surface area contributed by atoms with Gasteiger partial charge in [0.2, 0.25) is 5.88 Å². The summed E-state index contributed by atoms with van der Waals surface area (Å²) in [4.78, 5) is 8.75. The van der Waals surface area contributed by atoms with Crippen LogP contribution < -0.4 is 21.9 Å². The second kappa shape index (κ2) is 10.3. The summed E-state index contributed by atoms with van der Waals surface area (Å²) >= 11 is 6.31. The maximum Gasteiger partial charge on any atom is 0.214 e. The number of piperidine rings is 3. The maximum atomic E-state index is 11.9. The molecule has 186 valence electrons. The van der Waals surface area contributed by atoms with E-state index < -0.39 is 6.10 Å². The fourth-order valence-electron chi connectivity index (χ4n) is 6.20. The first kappa shape index (κ1) is 25.7. The van der Waals surface area contributed by atoms with Crippen LogP contribution in [-0.4, -0.2) is 52.9 Å². The van der Waals surface area contributed by atoms with Gasteiger partial charge in [-0.3, -0.25) is 4.98 Å². The molecule has 1 aromatic carbocycles. The summed E-state index contributed by atoms with van der Waals surface area (Å²) in [5, 5.41) is 13.3. The van der Waals surface area contributed by atoms with E-state index in [9.17, 15) is 5.11 Å². The van der Waals surface area contributed by atoms with E-state index in [2.05, 4.69) is 22.6 Å². The lowest BCUT2D eigenvalue weighted by Crippen LogP contribution is -3.00. The minimum atomic E-state index is -0.634. The van der Waals surface area contributed by atoms with Crippen LogP contribution in [0, 0.1) is 11.8 Å². The molecule has 0 aliphatic carbocycles. The van der Waals surface area contributed by atoms with Crippen LogP contribution >= 0.6 is 11.6 Å². The maximum absolute atomic E-state index is 11.9. The molecule has 2 bridgehead atoms. The molecule has 35 heavy (non-hydrogen) atoms. The third-order valence-corrected chi connectivity index (χ3v) is 8.07. The van der Waals surface area contributed by atoms with Crippen molar-refractivity contribution in [3.63, 3.8) is 0 Å². The van der Waals surface area contributed by atoms with E-state index in [0.29, 0.717) is 22.9 Å². The summed E-state index contributed by atoms with van der Waals surface area (Å²) in [6.07, 6.45) is 5.33. The lowest BCUT2D eigenvalue weighted by molar-refractivity contribution is -0.984. The highest BCUT2D eigenvalue weighted by Crippen LogP contribution is 2.48. The topological polar surface area (TPSA) is 64.5 Å². The molecule has 3 aromatic rings. The summed E-state index contributed by atoms with van der Waals surface area (Å²) in [6, 6.07) is 11.7. The van der Waals surface area contributed by atoms with Crippen molar-refractivity contribution in [2.45, 2.75) is 31.5 Å². The van der Waals surface area contributed by atoms with Gasteiger partial charge < -0.3 is 31.5 Å². The largest absolute Gasteiger partial charge is 1.00 e. The van der Waals surface area contributed by atoms with Crippen LogP contribution in [0.1, 0.15) is 30.1 Å². The molecule has 6 nitrogen and oxygen atoms in total. The summed E-state index contributed by atoms with van der Waals surface area (Å²) in [7, 11) is 3.26. The number of fused-ring (bicyclic) bond motifs is 4. The number of benzene rings is 1. The first-order valence-electron chi connectivity index (χ1n) is 11.8. The summed E-state index contributed by atoms with van der Waals surface area (Å²) < 4.78 is 11.6. The molecule has 3 aliphatic rings. The number of aliphatic hydroxyl groups excluding tert-OH is 1. The first-order chi connectivity index (χ1) is 16.5. The van der Waals surface area contributed by atoms with Crippen LogP contribution in [0.5, 0.6) is 11.6 Å². The van der Waals surface area contributed by atoms with Gasteiger partial charge in [0.05, 0.1) is 32.8 Å². The fraction of sp³-hybridized carbons (Fsp3) is 0.407. The number of aliphatic hydroxyl groups is 1. The number of nitrogens with zero attached hydrogens (tertiary/aromatic N) is 3. The minimum absolute atomic E-state index is 0. The average Bonchev–Trinajstić information content (AvgIpc) is 2.87. The zero-order chi connectivity index (χ0) is 23.9. The molecule has 1 unspecified atom stereocenters. The lowest BCUT2D eigenvalue weighted by atomic mass is 9.71. The van der Waals surface area contributed by atoms with Crippen LogP contribution in [-0.2, 0) is 6.54 Å². The summed E-state index contributed by atoms with van der Waals surface area (Å²) in [5.41, 5.74) is 2.83. The highest BCUT2D eigenvalue weighted by atomic mass is 35.5. The third-order valence-electron chi connectivity index (χ3n) is 7.88. The van der Waals surface area contributed by atoms with Crippen molar-refractivity contribution in [1.29, 1.82) is 0 Å². The van der Waals surface area contributed by atoms with E-state index in [4.69, 9.17) is 21.1 Å². The van der Waals surface area contributed by atoms with E-state index in [1.165, 1.54) is 0 Å². The average molecular weight is 516 g/mol. The van der Waals surface area contributed by atoms with Crippen LogP contribution in [0.4, 0.5) is 0 Å². The van der Waals surface area contributed by atoms with Crippen LogP contribution in [0.25, 0.3) is 10.9 Å². The van der Waals surface area contributed by atoms with Crippen molar-refractivity contribution in [1.82, 2.24) is 9.97 Å². The third kappa shape index (κ3) is 4.73. The van der Waals surface area contributed by atoms with Crippen LogP contribution in [0.15, 0.2) is 55.3 Å². The molecule has 3 fully saturated rings. The summed E-state index contributed by atoms with van der Waals surface area (Å²) in [5.74, 6) is 2.24. The van der Waals surface area contributed by atoms with Gasteiger partial charge in [0.15, 0.2) is 0 Å². The predicted molar refractivity (Wildman–Crippen MR) is 133 cm³/mol. The van der Waals surface area contributed by atoms with Crippen LogP contribution in [0.2, 0.25) is 5.15 Å². The zero-order valence-corrected chi connectivity index (χ0v) is 21.5. The van der Waals surface area contributed by atoms with E-state index >= 15 is 0 Å².